The quantitative estimate of drug-likeness (QED) is 0.506. The molecule has 4 atom stereocenters. The van der Waals surface area contributed by atoms with Gasteiger partial charge in [0.2, 0.25) is 5.28 Å². The molecule has 1 unspecified atom stereocenters. The molecule has 1 spiro atoms. The molecule has 9 nitrogen and oxygen atoms in total. The maximum absolute atomic E-state index is 10.4. The lowest BCUT2D eigenvalue weighted by Crippen LogP contribution is -2.57. The minimum Gasteiger partial charge on any atom is -0.394 e. The summed E-state index contributed by atoms with van der Waals surface area (Å²) in [5, 5.41) is 29.9. The lowest BCUT2D eigenvalue weighted by atomic mass is 9.77. The monoisotopic (exact) mass is 443 g/mol. The minimum absolute atomic E-state index is 0.0756. The molecule has 2 aromatic heterocycles. The van der Waals surface area contributed by atoms with Crippen molar-refractivity contribution in [2.75, 3.05) is 24.6 Å². The molecule has 1 aromatic carbocycles. The summed E-state index contributed by atoms with van der Waals surface area (Å²) in [5.41, 5.74) is 4.02. The molecule has 2 saturated heterocycles. The highest BCUT2D eigenvalue weighted by molar-refractivity contribution is 6.28. The molecule has 3 aromatic rings. The number of hydrogen-bond donors (Lipinski definition) is 3. The van der Waals surface area contributed by atoms with Crippen molar-refractivity contribution in [3.8, 4) is 0 Å². The van der Waals surface area contributed by atoms with Crippen LogP contribution in [0.25, 0.3) is 11.2 Å². The van der Waals surface area contributed by atoms with Gasteiger partial charge in [-0.15, -0.1) is 0 Å². The van der Waals surface area contributed by atoms with Crippen molar-refractivity contribution in [1.82, 2.24) is 19.5 Å². The third-order valence-corrected chi connectivity index (χ3v) is 6.94. The number of fused-ring (bicyclic) bond motifs is 2. The Labute approximate surface area is 182 Å². The summed E-state index contributed by atoms with van der Waals surface area (Å²) in [6.45, 7) is 1.30. The first-order chi connectivity index (χ1) is 15.0. The fraction of sp³-hybridized carbons (Fsp3) is 0.476. The molecule has 0 amide bonds. The Morgan fingerprint density at radius 2 is 1.81 bits per heavy atom. The minimum atomic E-state index is -1.23. The normalized spacial score (nSPS) is 29.0. The van der Waals surface area contributed by atoms with E-state index in [9.17, 15) is 15.3 Å². The van der Waals surface area contributed by atoms with Crippen molar-refractivity contribution in [2.45, 2.75) is 37.4 Å². The largest absolute Gasteiger partial charge is 0.394 e. The summed E-state index contributed by atoms with van der Waals surface area (Å²) >= 11 is 6.25. The standard InChI is InChI=1S/C21H22ClN5O4/c22-20-24-17(26-8-21(9-26)5-11-3-1-2-4-12(11)6-21)14-18(25-20)27(10-23-14)19-16(30)15(29)13(7-28)31-19/h1-4,10,13,15-16,19,28-30H,5-9H2/t13-,15+,16?,19-/m1/s1. The molecule has 2 aliphatic heterocycles. The van der Waals surface area contributed by atoms with Crippen molar-refractivity contribution in [3.05, 3.63) is 47.0 Å². The molecular formula is C21H22ClN5O4. The van der Waals surface area contributed by atoms with Crippen LogP contribution in [-0.2, 0) is 17.6 Å². The molecule has 0 bridgehead atoms. The van der Waals surface area contributed by atoms with Gasteiger partial charge in [-0.25, -0.2) is 4.98 Å². The van der Waals surface area contributed by atoms with Crippen LogP contribution in [0.2, 0.25) is 5.28 Å². The van der Waals surface area contributed by atoms with Crippen LogP contribution in [0, 0.1) is 5.41 Å². The van der Waals surface area contributed by atoms with Crippen LogP contribution in [0.1, 0.15) is 17.4 Å². The SMILES string of the molecule is OC[C@H]1O[C@@H](n2cnc3c(N4CC5(Cc6ccccc6C5)C4)nc(Cl)nc32)C(O)[C@H]1O. The predicted molar refractivity (Wildman–Crippen MR) is 112 cm³/mol. The topological polar surface area (TPSA) is 117 Å². The molecule has 0 saturated carbocycles. The summed E-state index contributed by atoms with van der Waals surface area (Å²) in [6, 6.07) is 8.59. The van der Waals surface area contributed by atoms with E-state index in [2.05, 4.69) is 44.1 Å². The Kier molecular flexibility index (Phi) is 4.28. The molecule has 6 rings (SSSR count). The van der Waals surface area contributed by atoms with Crippen LogP contribution >= 0.6 is 11.6 Å². The number of aliphatic hydroxyl groups is 3. The summed E-state index contributed by atoms with van der Waals surface area (Å²) in [5.74, 6) is 0.655. The zero-order chi connectivity index (χ0) is 21.3. The highest BCUT2D eigenvalue weighted by Crippen LogP contribution is 2.46. The van der Waals surface area contributed by atoms with Crippen LogP contribution < -0.4 is 4.90 Å². The smallest absolute Gasteiger partial charge is 0.226 e. The summed E-state index contributed by atoms with van der Waals surface area (Å²) in [7, 11) is 0. The molecule has 31 heavy (non-hydrogen) atoms. The predicted octanol–water partition coefficient (Wildman–Crippen LogP) is 0.696. The van der Waals surface area contributed by atoms with Gasteiger partial charge in [0, 0.05) is 18.5 Å². The van der Waals surface area contributed by atoms with Gasteiger partial charge in [0.1, 0.15) is 18.3 Å². The van der Waals surface area contributed by atoms with Gasteiger partial charge in [-0.3, -0.25) is 4.57 Å². The van der Waals surface area contributed by atoms with E-state index in [1.807, 2.05) is 0 Å². The molecule has 4 heterocycles. The van der Waals surface area contributed by atoms with E-state index in [-0.39, 0.29) is 10.7 Å². The molecular weight excluding hydrogens is 422 g/mol. The maximum atomic E-state index is 10.4. The number of halogens is 1. The molecule has 162 valence electrons. The van der Waals surface area contributed by atoms with Crippen LogP contribution in [0.15, 0.2) is 30.6 Å². The van der Waals surface area contributed by atoms with Crippen molar-refractivity contribution >= 4 is 28.6 Å². The Morgan fingerprint density at radius 3 is 2.45 bits per heavy atom. The first-order valence-corrected chi connectivity index (χ1v) is 10.7. The number of anilines is 1. The van der Waals surface area contributed by atoms with E-state index in [0.29, 0.717) is 17.0 Å². The van der Waals surface area contributed by atoms with E-state index in [4.69, 9.17) is 16.3 Å². The first kappa shape index (κ1) is 19.4. The highest BCUT2D eigenvalue weighted by Gasteiger charge is 2.48. The number of aliphatic hydroxyl groups excluding tert-OH is 3. The number of nitrogens with zero attached hydrogens (tertiary/aromatic N) is 5. The number of imidazole rings is 1. The summed E-state index contributed by atoms with van der Waals surface area (Å²) < 4.78 is 7.17. The van der Waals surface area contributed by atoms with E-state index in [1.54, 1.807) is 0 Å². The zero-order valence-electron chi connectivity index (χ0n) is 16.6. The number of benzene rings is 1. The van der Waals surface area contributed by atoms with Crippen LogP contribution in [0.3, 0.4) is 0 Å². The first-order valence-electron chi connectivity index (χ1n) is 10.3. The molecule has 2 fully saturated rings. The Morgan fingerprint density at radius 1 is 1.10 bits per heavy atom. The van der Waals surface area contributed by atoms with Crippen LogP contribution in [0.4, 0.5) is 5.82 Å². The van der Waals surface area contributed by atoms with Gasteiger partial charge in [-0.05, 0) is 35.6 Å². The molecule has 1 aliphatic carbocycles. The maximum Gasteiger partial charge on any atom is 0.226 e. The third kappa shape index (κ3) is 2.88. The Balaban J connectivity index is 1.30. The molecule has 3 aliphatic rings. The summed E-state index contributed by atoms with van der Waals surface area (Å²) in [4.78, 5) is 15.4. The van der Waals surface area contributed by atoms with Gasteiger partial charge >= 0.3 is 0 Å². The van der Waals surface area contributed by atoms with Gasteiger partial charge < -0.3 is 25.0 Å². The van der Waals surface area contributed by atoms with Crippen molar-refractivity contribution < 1.29 is 20.1 Å². The van der Waals surface area contributed by atoms with E-state index < -0.39 is 31.1 Å². The number of rotatable bonds is 3. The lowest BCUT2D eigenvalue weighted by molar-refractivity contribution is -0.0511. The number of ether oxygens (including phenoxy) is 1. The third-order valence-electron chi connectivity index (χ3n) is 6.77. The Hall–Kier alpha value is -2.30. The van der Waals surface area contributed by atoms with E-state index in [1.165, 1.54) is 22.0 Å². The fourth-order valence-corrected chi connectivity index (χ4v) is 5.46. The average Bonchev–Trinajstić information content (AvgIpc) is 3.40. The van der Waals surface area contributed by atoms with Gasteiger partial charge in [-0.1, -0.05) is 24.3 Å². The number of aromatic nitrogens is 4. The van der Waals surface area contributed by atoms with Gasteiger partial charge in [0.15, 0.2) is 23.2 Å². The van der Waals surface area contributed by atoms with E-state index in [0.717, 1.165) is 25.9 Å². The van der Waals surface area contributed by atoms with Crippen LogP contribution in [-0.4, -0.2) is 72.8 Å². The molecule has 0 radical (unpaired) electrons. The average molecular weight is 444 g/mol. The second-order valence-electron chi connectivity index (χ2n) is 8.85. The second-order valence-corrected chi connectivity index (χ2v) is 9.19. The van der Waals surface area contributed by atoms with Gasteiger partial charge in [0.05, 0.1) is 12.9 Å². The Bertz CT molecular complexity index is 1140. The second kappa shape index (κ2) is 6.85. The number of hydrogen-bond acceptors (Lipinski definition) is 8. The van der Waals surface area contributed by atoms with Crippen molar-refractivity contribution in [3.63, 3.8) is 0 Å². The summed E-state index contributed by atoms with van der Waals surface area (Å²) in [6.07, 6.45) is -0.631. The van der Waals surface area contributed by atoms with Crippen molar-refractivity contribution in [1.29, 1.82) is 0 Å². The van der Waals surface area contributed by atoms with Crippen molar-refractivity contribution in [2.24, 2.45) is 5.41 Å². The van der Waals surface area contributed by atoms with Crippen LogP contribution in [0.5, 0.6) is 0 Å². The van der Waals surface area contributed by atoms with Gasteiger partial charge in [-0.2, -0.15) is 9.97 Å². The van der Waals surface area contributed by atoms with E-state index >= 15 is 0 Å². The molecule has 10 heteroatoms. The molecule has 3 N–H and O–H groups in total. The fourth-order valence-electron chi connectivity index (χ4n) is 5.30. The lowest BCUT2D eigenvalue weighted by Gasteiger charge is -2.49. The zero-order valence-corrected chi connectivity index (χ0v) is 17.4. The highest BCUT2D eigenvalue weighted by atomic mass is 35.5. The van der Waals surface area contributed by atoms with Gasteiger partial charge in [0.25, 0.3) is 0 Å².